The summed E-state index contributed by atoms with van der Waals surface area (Å²) < 4.78 is 1.05. The van der Waals surface area contributed by atoms with Gasteiger partial charge in [-0.15, -0.1) is 0 Å². The maximum Gasteiger partial charge on any atom is 0.0488 e. The Bertz CT molecular complexity index is 1470. The molecule has 0 unspecified atom stereocenters. The Morgan fingerprint density at radius 2 is 0.692 bits per heavy atom. The van der Waals surface area contributed by atoms with E-state index in [1.165, 1.54) is 0 Å². The first-order valence-corrected chi connectivity index (χ1v) is 13.8. The summed E-state index contributed by atoms with van der Waals surface area (Å²) in [6, 6.07) is 57.5. The van der Waals surface area contributed by atoms with E-state index in [-0.39, 0.29) is 0 Å². The van der Waals surface area contributed by atoms with Crippen molar-refractivity contribution in [1.82, 2.24) is 0 Å². The summed E-state index contributed by atoms with van der Waals surface area (Å²) in [6.45, 7) is 0. The summed E-state index contributed by atoms with van der Waals surface area (Å²) >= 11 is 3.68. The highest BCUT2D eigenvalue weighted by Crippen LogP contribution is 2.43. The van der Waals surface area contributed by atoms with Gasteiger partial charge in [0.15, 0.2) is 0 Å². The number of halogens is 1. The molecule has 6 aromatic carbocycles. The Morgan fingerprint density at radius 3 is 1.05 bits per heavy atom. The highest BCUT2D eigenvalue weighted by atomic mass is 79.9. The van der Waals surface area contributed by atoms with Gasteiger partial charge in [0, 0.05) is 38.6 Å². The van der Waals surface area contributed by atoms with E-state index in [0.29, 0.717) is 0 Å². The molecule has 0 fully saturated rings. The monoisotopic (exact) mass is 566 g/mol. The van der Waals surface area contributed by atoms with Gasteiger partial charge in [-0.2, -0.15) is 0 Å². The molecule has 188 valence electrons. The van der Waals surface area contributed by atoms with Crippen LogP contribution in [0.15, 0.2) is 168 Å². The van der Waals surface area contributed by atoms with Gasteiger partial charge in [-0.1, -0.05) is 101 Å². The van der Waals surface area contributed by atoms with Crippen molar-refractivity contribution in [2.75, 3.05) is 9.80 Å². The van der Waals surface area contributed by atoms with Gasteiger partial charge in [0.2, 0.25) is 0 Å². The van der Waals surface area contributed by atoms with Gasteiger partial charge < -0.3 is 9.80 Å². The van der Waals surface area contributed by atoms with Crippen molar-refractivity contribution in [2.45, 2.75) is 0 Å². The number of anilines is 6. The Labute approximate surface area is 238 Å². The molecular formula is C36H27BrN2. The van der Waals surface area contributed by atoms with Crippen LogP contribution in [0.1, 0.15) is 0 Å². The van der Waals surface area contributed by atoms with Crippen LogP contribution in [0, 0.1) is 0 Å². The zero-order valence-corrected chi connectivity index (χ0v) is 22.9. The van der Waals surface area contributed by atoms with Crippen molar-refractivity contribution >= 4 is 50.1 Å². The minimum atomic E-state index is 1.05. The largest absolute Gasteiger partial charge is 0.310 e. The molecule has 0 bridgehead atoms. The number of rotatable bonds is 7. The minimum Gasteiger partial charge on any atom is -0.310 e. The summed E-state index contributed by atoms with van der Waals surface area (Å²) in [7, 11) is 0. The lowest BCUT2D eigenvalue weighted by Crippen LogP contribution is -2.13. The van der Waals surface area contributed by atoms with Crippen LogP contribution >= 0.6 is 15.9 Å². The van der Waals surface area contributed by atoms with E-state index >= 15 is 0 Å². The molecule has 6 aromatic rings. The SMILES string of the molecule is Brc1cccc(-c2cc(N(c3ccccc3)c3ccccc3)cc(N(c3ccccc3)c3ccccc3)c2)c1. The molecule has 0 aliphatic carbocycles. The smallest absolute Gasteiger partial charge is 0.0488 e. The topological polar surface area (TPSA) is 6.48 Å². The molecule has 0 aliphatic heterocycles. The molecule has 6 rings (SSSR count). The van der Waals surface area contributed by atoms with Crippen molar-refractivity contribution in [1.29, 1.82) is 0 Å². The molecule has 0 heterocycles. The van der Waals surface area contributed by atoms with Crippen LogP contribution in [0.5, 0.6) is 0 Å². The van der Waals surface area contributed by atoms with Crippen molar-refractivity contribution < 1.29 is 0 Å². The van der Waals surface area contributed by atoms with Crippen LogP contribution in [0.25, 0.3) is 11.1 Å². The number of para-hydroxylation sites is 4. The first kappa shape index (κ1) is 24.7. The quantitative estimate of drug-likeness (QED) is 0.189. The van der Waals surface area contributed by atoms with E-state index in [1.807, 2.05) is 0 Å². The van der Waals surface area contributed by atoms with Crippen LogP contribution in [0.3, 0.4) is 0 Å². The van der Waals surface area contributed by atoms with Gasteiger partial charge in [0.25, 0.3) is 0 Å². The predicted octanol–water partition coefficient (Wildman–Crippen LogP) is 11.1. The lowest BCUT2D eigenvalue weighted by atomic mass is 10.0. The van der Waals surface area contributed by atoms with Crippen LogP contribution in [-0.4, -0.2) is 0 Å². The van der Waals surface area contributed by atoms with Gasteiger partial charge in [-0.05, 0) is 90.0 Å². The average Bonchev–Trinajstić information content (AvgIpc) is 3.00. The first-order valence-electron chi connectivity index (χ1n) is 13.0. The molecular weight excluding hydrogens is 540 g/mol. The van der Waals surface area contributed by atoms with Crippen LogP contribution in [0.4, 0.5) is 34.1 Å². The number of nitrogens with zero attached hydrogens (tertiary/aromatic N) is 2. The standard InChI is InChI=1S/C36H27BrN2/c37-30-15-13-14-28(24-30)29-25-35(38(31-16-5-1-6-17-31)32-18-7-2-8-19-32)27-36(26-29)39(33-20-9-3-10-21-33)34-22-11-4-12-23-34/h1-27H. The van der Waals surface area contributed by atoms with Crippen LogP contribution < -0.4 is 9.80 Å². The summed E-state index contributed by atoms with van der Waals surface area (Å²) in [6.07, 6.45) is 0. The van der Waals surface area contributed by atoms with Crippen molar-refractivity contribution in [3.05, 3.63) is 168 Å². The summed E-state index contributed by atoms with van der Waals surface area (Å²) in [5.41, 5.74) is 8.86. The molecule has 3 heteroatoms. The fourth-order valence-electron chi connectivity index (χ4n) is 4.89. The Kier molecular flexibility index (Phi) is 7.24. The van der Waals surface area contributed by atoms with E-state index in [1.54, 1.807) is 0 Å². The van der Waals surface area contributed by atoms with Crippen LogP contribution in [-0.2, 0) is 0 Å². The number of hydrogen-bond donors (Lipinski definition) is 0. The molecule has 0 N–H and O–H groups in total. The number of benzene rings is 6. The molecule has 2 nitrogen and oxygen atoms in total. The van der Waals surface area contributed by atoms with Crippen LogP contribution in [0.2, 0.25) is 0 Å². The molecule has 0 amide bonds. The zero-order valence-electron chi connectivity index (χ0n) is 21.4. The fourth-order valence-corrected chi connectivity index (χ4v) is 5.29. The van der Waals surface area contributed by atoms with Crippen molar-refractivity contribution in [2.24, 2.45) is 0 Å². The fraction of sp³-hybridized carbons (Fsp3) is 0. The second kappa shape index (κ2) is 11.4. The lowest BCUT2D eigenvalue weighted by Gasteiger charge is -2.30. The maximum absolute atomic E-state index is 3.68. The van der Waals surface area contributed by atoms with Crippen molar-refractivity contribution in [3.63, 3.8) is 0 Å². The number of hydrogen-bond acceptors (Lipinski definition) is 2. The molecule has 0 aromatic heterocycles. The van der Waals surface area contributed by atoms with Gasteiger partial charge in [-0.25, -0.2) is 0 Å². The Hall–Kier alpha value is -4.60. The van der Waals surface area contributed by atoms with Gasteiger partial charge in [0.1, 0.15) is 0 Å². The first-order chi connectivity index (χ1) is 19.3. The van der Waals surface area contributed by atoms with E-state index in [4.69, 9.17) is 0 Å². The molecule has 0 spiro atoms. The van der Waals surface area contributed by atoms with Crippen molar-refractivity contribution in [3.8, 4) is 11.1 Å². The molecule has 0 saturated heterocycles. The summed E-state index contributed by atoms with van der Waals surface area (Å²) in [5, 5.41) is 0. The highest BCUT2D eigenvalue weighted by molar-refractivity contribution is 9.10. The molecule has 39 heavy (non-hydrogen) atoms. The second-order valence-electron chi connectivity index (χ2n) is 9.26. The molecule has 0 saturated carbocycles. The normalized spacial score (nSPS) is 10.7. The van der Waals surface area contributed by atoms with Gasteiger partial charge in [-0.3, -0.25) is 0 Å². The molecule has 0 atom stereocenters. The molecule has 0 aliphatic rings. The Balaban J connectivity index is 1.62. The van der Waals surface area contributed by atoms with Gasteiger partial charge in [0.05, 0.1) is 0 Å². The summed E-state index contributed by atoms with van der Waals surface area (Å²) in [5.74, 6) is 0. The van der Waals surface area contributed by atoms with E-state index in [0.717, 1.165) is 49.7 Å². The lowest BCUT2D eigenvalue weighted by molar-refractivity contribution is 1.25. The third-order valence-electron chi connectivity index (χ3n) is 6.63. The molecule has 0 radical (unpaired) electrons. The highest BCUT2D eigenvalue weighted by Gasteiger charge is 2.19. The maximum atomic E-state index is 3.68. The summed E-state index contributed by atoms with van der Waals surface area (Å²) in [4.78, 5) is 4.64. The Morgan fingerprint density at radius 1 is 0.308 bits per heavy atom. The third-order valence-corrected chi connectivity index (χ3v) is 7.13. The zero-order chi connectivity index (χ0) is 26.4. The van der Waals surface area contributed by atoms with Gasteiger partial charge >= 0.3 is 0 Å². The second-order valence-corrected chi connectivity index (χ2v) is 10.2. The predicted molar refractivity (Wildman–Crippen MR) is 169 cm³/mol. The third kappa shape index (κ3) is 5.50. The van der Waals surface area contributed by atoms with E-state index in [9.17, 15) is 0 Å². The average molecular weight is 568 g/mol. The minimum absolute atomic E-state index is 1.05. The van der Waals surface area contributed by atoms with E-state index in [2.05, 4.69) is 190 Å². The van der Waals surface area contributed by atoms with E-state index < -0.39 is 0 Å².